The van der Waals surface area contributed by atoms with E-state index in [1.165, 1.54) is 0 Å². The predicted octanol–water partition coefficient (Wildman–Crippen LogP) is 3.16. The molecule has 2 N–H and O–H groups in total. The number of pyridine rings is 1. The summed E-state index contributed by atoms with van der Waals surface area (Å²) in [6.45, 7) is 2.73. The van der Waals surface area contributed by atoms with E-state index in [1.54, 1.807) is 13.3 Å². The Morgan fingerprint density at radius 1 is 1.43 bits per heavy atom. The molecule has 0 bridgehead atoms. The third-order valence-electron chi connectivity index (χ3n) is 3.44. The van der Waals surface area contributed by atoms with E-state index in [0.29, 0.717) is 13.0 Å². The van der Waals surface area contributed by atoms with Crippen LogP contribution in [0.2, 0.25) is 0 Å². The Kier molecular flexibility index (Phi) is 4.98. The maximum absolute atomic E-state index is 10.6. The zero-order valence-electron chi connectivity index (χ0n) is 12.3. The molecular formula is C16H20N2O3. The summed E-state index contributed by atoms with van der Waals surface area (Å²) in [7, 11) is 1.64. The molecule has 0 spiro atoms. The van der Waals surface area contributed by atoms with Crippen LogP contribution in [0.15, 0.2) is 30.5 Å². The van der Waals surface area contributed by atoms with Gasteiger partial charge in [-0.3, -0.25) is 4.79 Å². The lowest BCUT2D eigenvalue weighted by Gasteiger charge is -2.13. The summed E-state index contributed by atoms with van der Waals surface area (Å²) >= 11 is 0. The number of rotatable bonds is 7. The highest BCUT2D eigenvalue weighted by molar-refractivity contribution is 5.92. The van der Waals surface area contributed by atoms with Crippen molar-refractivity contribution in [2.75, 3.05) is 19.0 Å². The third-order valence-corrected chi connectivity index (χ3v) is 3.44. The van der Waals surface area contributed by atoms with Gasteiger partial charge in [0, 0.05) is 24.5 Å². The summed E-state index contributed by atoms with van der Waals surface area (Å²) in [6, 6.07) is 7.79. The van der Waals surface area contributed by atoms with Crippen molar-refractivity contribution in [1.29, 1.82) is 0 Å². The molecule has 2 rings (SSSR count). The number of aromatic nitrogens is 1. The highest BCUT2D eigenvalue weighted by Gasteiger charge is 2.08. The van der Waals surface area contributed by atoms with Crippen molar-refractivity contribution in [3.8, 4) is 5.75 Å². The number of aliphatic carboxylic acids is 1. The van der Waals surface area contributed by atoms with Crippen LogP contribution in [0.25, 0.3) is 10.8 Å². The van der Waals surface area contributed by atoms with Crippen LogP contribution in [0.1, 0.15) is 19.8 Å². The van der Waals surface area contributed by atoms with Crippen LogP contribution in [-0.2, 0) is 4.79 Å². The van der Waals surface area contributed by atoms with Crippen molar-refractivity contribution in [3.63, 3.8) is 0 Å². The van der Waals surface area contributed by atoms with Crippen molar-refractivity contribution < 1.29 is 14.6 Å². The highest BCUT2D eigenvalue weighted by atomic mass is 16.5. The number of methoxy groups -OCH3 is 1. The molecule has 1 atom stereocenters. The Labute approximate surface area is 124 Å². The average Bonchev–Trinajstić information content (AvgIpc) is 2.50. The molecule has 1 aromatic carbocycles. The molecule has 21 heavy (non-hydrogen) atoms. The fraction of sp³-hybridized carbons (Fsp3) is 0.375. The van der Waals surface area contributed by atoms with Gasteiger partial charge in [-0.15, -0.1) is 0 Å². The first-order valence-electron chi connectivity index (χ1n) is 6.98. The number of carboxylic acids is 1. The number of nitrogens with one attached hydrogen (secondary N) is 1. The van der Waals surface area contributed by atoms with E-state index >= 15 is 0 Å². The summed E-state index contributed by atoms with van der Waals surface area (Å²) in [6.07, 6.45) is 2.61. The Hall–Kier alpha value is -2.30. The highest BCUT2D eigenvalue weighted by Crippen LogP contribution is 2.25. The SMILES string of the molecule is COc1ccc2c(NCC(C)CCC(=O)O)nccc2c1. The van der Waals surface area contributed by atoms with Gasteiger partial charge in [-0.05, 0) is 42.0 Å². The van der Waals surface area contributed by atoms with Crippen LogP contribution in [0.4, 0.5) is 5.82 Å². The van der Waals surface area contributed by atoms with Crippen LogP contribution in [-0.4, -0.2) is 29.7 Å². The molecule has 1 unspecified atom stereocenters. The molecule has 0 amide bonds. The zero-order chi connectivity index (χ0) is 15.2. The second kappa shape index (κ2) is 6.92. The number of benzene rings is 1. The molecule has 0 aliphatic carbocycles. The molecule has 5 heteroatoms. The van der Waals surface area contributed by atoms with Crippen LogP contribution >= 0.6 is 0 Å². The van der Waals surface area contributed by atoms with Crippen LogP contribution in [0, 0.1) is 5.92 Å². The molecule has 1 heterocycles. The van der Waals surface area contributed by atoms with Gasteiger partial charge >= 0.3 is 5.97 Å². The van der Waals surface area contributed by atoms with E-state index in [9.17, 15) is 4.79 Å². The number of carbonyl (C=O) groups is 1. The van der Waals surface area contributed by atoms with E-state index in [4.69, 9.17) is 9.84 Å². The Morgan fingerprint density at radius 3 is 2.95 bits per heavy atom. The molecule has 0 aliphatic rings. The zero-order valence-corrected chi connectivity index (χ0v) is 12.3. The summed E-state index contributed by atoms with van der Waals surface area (Å²) in [4.78, 5) is 14.9. The standard InChI is InChI=1S/C16H20N2O3/c1-11(3-6-15(19)20)10-18-16-14-5-4-13(21-2)9-12(14)7-8-17-16/h4-5,7-9,11H,3,6,10H2,1-2H3,(H,17,18)(H,19,20). The largest absolute Gasteiger partial charge is 0.497 e. The summed E-state index contributed by atoms with van der Waals surface area (Å²) < 4.78 is 5.22. The summed E-state index contributed by atoms with van der Waals surface area (Å²) in [5.74, 6) is 1.15. The van der Waals surface area contributed by atoms with Gasteiger partial charge in [0.15, 0.2) is 0 Å². The summed E-state index contributed by atoms with van der Waals surface area (Å²) in [5, 5.41) is 14.1. The van der Waals surface area contributed by atoms with Crippen molar-refractivity contribution >= 4 is 22.6 Å². The van der Waals surface area contributed by atoms with Crippen LogP contribution < -0.4 is 10.1 Å². The lowest BCUT2D eigenvalue weighted by molar-refractivity contribution is -0.137. The number of nitrogens with zero attached hydrogens (tertiary/aromatic N) is 1. The second-order valence-corrected chi connectivity index (χ2v) is 5.17. The minimum Gasteiger partial charge on any atom is -0.497 e. The molecule has 5 nitrogen and oxygen atoms in total. The van der Waals surface area contributed by atoms with Crippen molar-refractivity contribution in [2.24, 2.45) is 5.92 Å². The Morgan fingerprint density at radius 2 is 2.24 bits per heavy atom. The van der Waals surface area contributed by atoms with Crippen LogP contribution in [0.3, 0.4) is 0 Å². The predicted molar refractivity (Wildman–Crippen MR) is 82.8 cm³/mol. The van der Waals surface area contributed by atoms with Gasteiger partial charge in [0.05, 0.1) is 7.11 Å². The Bertz CT molecular complexity index is 628. The fourth-order valence-corrected chi connectivity index (χ4v) is 2.17. The number of carboxylic acid groups (broad SMARTS) is 1. The summed E-state index contributed by atoms with van der Waals surface area (Å²) in [5.41, 5.74) is 0. The van der Waals surface area contributed by atoms with Crippen LogP contribution in [0.5, 0.6) is 5.75 Å². The van der Waals surface area contributed by atoms with E-state index in [2.05, 4.69) is 10.3 Å². The molecule has 2 aromatic rings. The average molecular weight is 288 g/mol. The minimum atomic E-state index is -0.753. The molecule has 0 fully saturated rings. The maximum Gasteiger partial charge on any atom is 0.303 e. The molecule has 0 radical (unpaired) electrons. The lowest BCUT2D eigenvalue weighted by Crippen LogP contribution is -2.13. The van der Waals surface area contributed by atoms with Gasteiger partial charge in [0.25, 0.3) is 0 Å². The topological polar surface area (TPSA) is 71.5 Å². The van der Waals surface area contributed by atoms with Gasteiger partial charge in [-0.2, -0.15) is 0 Å². The number of fused-ring (bicyclic) bond motifs is 1. The number of anilines is 1. The van der Waals surface area contributed by atoms with E-state index in [0.717, 1.165) is 22.3 Å². The maximum atomic E-state index is 10.6. The van der Waals surface area contributed by atoms with E-state index in [1.807, 2.05) is 31.2 Å². The minimum absolute atomic E-state index is 0.197. The van der Waals surface area contributed by atoms with E-state index < -0.39 is 5.97 Å². The smallest absolute Gasteiger partial charge is 0.303 e. The van der Waals surface area contributed by atoms with Crippen molar-refractivity contribution in [2.45, 2.75) is 19.8 Å². The first kappa shape index (κ1) is 15.1. The van der Waals surface area contributed by atoms with Gasteiger partial charge in [0.1, 0.15) is 11.6 Å². The molecule has 112 valence electrons. The monoisotopic (exact) mass is 288 g/mol. The van der Waals surface area contributed by atoms with E-state index in [-0.39, 0.29) is 12.3 Å². The first-order chi connectivity index (χ1) is 10.1. The van der Waals surface area contributed by atoms with Crippen molar-refractivity contribution in [1.82, 2.24) is 4.98 Å². The molecular weight excluding hydrogens is 268 g/mol. The fourth-order valence-electron chi connectivity index (χ4n) is 2.17. The van der Waals surface area contributed by atoms with Gasteiger partial charge in [0.2, 0.25) is 0 Å². The quantitative estimate of drug-likeness (QED) is 0.819. The number of hydrogen-bond acceptors (Lipinski definition) is 4. The van der Waals surface area contributed by atoms with Gasteiger partial charge in [-0.1, -0.05) is 6.92 Å². The normalized spacial score (nSPS) is 12.1. The first-order valence-corrected chi connectivity index (χ1v) is 6.98. The Balaban J connectivity index is 2.06. The lowest BCUT2D eigenvalue weighted by atomic mass is 10.1. The molecule has 0 aliphatic heterocycles. The molecule has 0 saturated heterocycles. The van der Waals surface area contributed by atoms with Gasteiger partial charge < -0.3 is 15.2 Å². The van der Waals surface area contributed by atoms with Crippen molar-refractivity contribution in [3.05, 3.63) is 30.5 Å². The van der Waals surface area contributed by atoms with Gasteiger partial charge in [-0.25, -0.2) is 4.98 Å². The number of ether oxygens (including phenoxy) is 1. The molecule has 0 saturated carbocycles. The second-order valence-electron chi connectivity index (χ2n) is 5.17. The molecule has 1 aromatic heterocycles. The number of hydrogen-bond donors (Lipinski definition) is 2. The third kappa shape index (κ3) is 4.08.